The molecule has 0 radical (unpaired) electrons. The SMILES string of the molecule is O=C(Cc1c[nH]c2ccccc12)NNC(=O)c1ccc(Br)cc1O. The molecular weight excluding hydrogens is 374 g/mol. The van der Waals surface area contributed by atoms with Crippen molar-refractivity contribution in [1.82, 2.24) is 15.8 Å². The van der Waals surface area contributed by atoms with Crippen LogP contribution in [-0.4, -0.2) is 21.9 Å². The summed E-state index contributed by atoms with van der Waals surface area (Å²) in [7, 11) is 0. The van der Waals surface area contributed by atoms with Crippen molar-refractivity contribution in [3.05, 3.63) is 64.3 Å². The Morgan fingerprint density at radius 2 is 1.92 bits per heavy atom. The predicted molar refractivity (Wildman–Crippen MR) is 93.4 cm³/mol. The number of aromatic nitrogens is 1. The van der Waals surface area contributed by atoms with Crippen LogP contribution in [0.1, 0.15) is 15.9 Å². The number of carbonyl (C=O) groups excluding carboxylic acids is 2. The van der Waals surface area contributed by atoms with Crippen LogP contribution < -0.4 is 10.9 Å². The minimum atomic E-state index is -0.590. The van der Waals surface area contributed by atoms with Gasteiger partial charge in [0, 0.05) is 21.6 Å². The fourth-order valence-electron chi connectivity index (χ4n) is 2.39. The molecule has 6 nitrogen and oxygen atoms in total. The van der Waals surface area contributed by atoms with Crippen molar-refractivity contribution in [2.24, 2.45) is 0 Å². The number of carbonyl (C=O) groups is 2. The van der Waals surface area contributed by atoms with Crippen LogP contribution in [0.2, 0.25) is 0 Å². The summed E-state index contributed by atoms with van der Waals surface area (Å²) in [6.45, 7) is 0. The lowest BCUT2D eigenvalue weighted by molar-refractivity contribution is -0.121. The van der Waals surface area contributed by atoms with Gasteiger partial charge in [0.2, 0.25) is 5.91 Å². The van der Waals surface area contributed by atoms with Crippen LogP contribution in [0, 0.1) is 0 Å². The highest BCUT2D eigenvalue weighted by Gasteiger charge is 2.13. The Balaban J connectivity index is 1.62. The van der Waals surface area contributed by atoms with E-state index in [1.807, 2.05) is 24.3 Å². The number of phenols is 1. The Morgan fingerprint density at radius 1 is 1.12 bits per heavy atom. The second kappa shape index (κ2) is 6.76. The summed E-state index contributed by atoms with van der Waals surface area (Å²) in [5, 5.41) is 10.7. The van der Waals surface area contributed by atoms with Gasteiger partial charge in [-0.25, -0.2) is 0 Å². The van der Waals surface area contributed by atoms with Gasteiger partial charge in [-0.3, -0.25) is 20.4 Å². The maximum Gasteiger partial charge on any atom is 0.273 e. The second-order valence-corrected chi connectivity index (χ2v) is 6.12. The molecule has 0 saturated carbocycles. The van der Waals surface area contributed by atoms with Crippen LogP contribution in [0.3, 0.4) is 0 Å². The third-order valence-corrected chi connectivity index (χ3v) is 4.04. The zero-order valence-corrected chi connectivity index (χ0v) is 14.1. The van der Waals surface area contributed by atoms with Crippen LogP contribution in [0.4, 0.5) is 0 Å². The molecule has 0 aliphatic rings. The monoisotopic (exact) mass is 387 g/mol. The van der Waals surface area contributed by atoms with E-state index in [0.29, 0.717) is 4.47 Å². The molecule has 0 atom stereocenters. The number of H-pyrrole nitrogens is 1. The van der Waals surface area contributed by atoms with Crippen molar-refractivity contribution in [2.45, 2.75) is 6.42 Å². The molecule has 2 amide bonds. The Morgan fingerprint density at radius 3 is 2.71 bits per heavy atom. The third kappa shape index (κ3) is 3.41. The third-order valence-electron chi connectivity index (χ3n) is 3.55. The molecule has 3 rings (SSSR count). The van der Waals surface area contributed by atoms with Gasteiger partial charge in [-0.05, 0) is 29.8 Å². The summed E-state index contributed by atoms with van der Waals surface area (Å²) in [5.41, 5.74) is 6.51. The molecule has 122 valence electrons. The lowest BCUT2D eigenvalue weighted by atomic mass is 10.1. The second-order valence-electron chi connectivity index (χ2n) is 5.20. The Kier molecular flexibility index (Phi) is 4.52. The molecule has 0 aliphatic heterocycles. The number of hydrogen-bond donors (Lipinski definition) is 4. The van der Waals surface area contributed by atoms with E-state index in [9.17, 15) is 14.7 Å². The predicted octanol–water partition coefficient (Wildman–Crippen LogP) is 2.64. The molecule has 0 bridgehead atoms. The normalized spacial score (nSPS) is 10.5. The molecule has 0 fully saturated rings. The Bertz CT molecular complexity index is 920. The average molecular weight is 388 g/mol. The summed E-state index contributed by atoms with van der Waals surface area (Å²) in [4.78, 5) is 27.1. The van der Waals surface area contributed by atoms with Gasteiger partial charge in [-0.15, -0.1) is 0 Å². The van der Waals surface area contributed by atoms with Crippen molar-refractivity contribution in [3.63, 3.8) is 0 Å². The highest BCUT2D eigenvalue weighted by Crippen LogP contribution is 2.22. The fourth-order valence-corrected chi connectivity index (χ4v) is 2.73. The van der Waals surface area contributed by atoms with Gasteiger partial charge in [-0.1, -0.05) is 34.1 Å². The average Bonchev–Trinajstić information content (AvgIpc) is 2.96. The van der Waals surface area contributed by atoms with Crippen LogP contribution >= 0.6 is 15.9 Å². The molecule has 2 aromatic carbocycles. The van der Waals surface area contributed by atoms with E-state index in [1.165, 1.54) is 12.1 Å². The molecule has 0 aliphatic carbocycles. The minimum absolute atomic E-state index is 0.0746. The van der Waals surface area contributed by atoms with Crippen molar-refractivity contribution < 1.29 is 14.7 Å². The summed E-state index contributed by atoms with van der Waals surface area (Å²) in [5.74, 6) is -1.12. The number of halogens is 1. The number of fused-ring (bicyclic) bond motifs is 1. The molecule has 0 saturated heterocycles. The largest absolute Gasteiger partial charge is 0.507 e. The van der Waals surface area contributed by atoms with Gasteiger partial charge in [0.05, 0.1) is 12.0 Å². The molecule has 0 unspecified atom stereocenters. The maximum absolute atomic E-state index is 12.0. The first-order chi connectivity index (χ1) is 11.5. The van der Waals surface area contributed by atoms with Gasteiger partial charge in [0.25, 0.3) is 5.91 Å². The quantitative estimate of drug-likeness (QED) is 0.520. The van der Waals surface area contributed by atoms with Gasteiger partial charge < -0.3 is 10.1 Å². The highest BCUT2D eigenvalue weighted by molar-refractivity contribution is 9.10. The standard InChI is InChI=1S/C17H14BrN3O3/c18-11-5-6-13(15(22)8-11)17(24)21-20-16(23)7-10-9-19-14-4-2-1-3-12(10)14/h1-6,8-9,19,22H,7H2,(H,20,23)(H,21,24). The number of hydrogen-bond acceptors (Lipinski definition) is 3. The van der Waals surface area contributed by atoms with Crippen LogP contribution in [-0.2, 0) is 11.2 Å². The lowest BCUT2D eigenvalue weighted by Gasteiger charge is -2.08. The van der Waals surface area contributed by atoms with Crippen molar-refractivity contribution >= 4 is 38.6 Å². The number of para-hydroxylation sites is 1. The van der Waals surface area contributed by atoms with E-state index in [1.54, 1.807) is 12.3 Å². The summed E-state index contributed by atoms with van der Waals surface area (Å²) >= 11 is 3.20. The zero-order chi connectivity index (χ0) is 17.1. The van der Waals surface area contributed by atoms with E-state index in [4.69, 9.17) is 0 Å². The Labute approximate surface area is 146 Å². The first-order valence-corrected chi connectivity index (χ1v) is 7.96. The number of amides is 2. The number of benzene rings is 2. The van der Waals surface area contributed by atoms with Gasteiger partial charge in [0.15, 0.2) is 0 Å². The molecule has 3 aromatic rings. The maximum atomic E-state index is 12.0. The smallest absolute Gasteiger partial charge is 0.273 e. The molecule has 24 heavy (non-hydrogen) atoms. The Hall–Kier alpha value is -2.80. The number of aromatic hydroxyl groups is 1. The topological polar surface area (TPSA) is 94.2 Å². The van der Waals surface area contributed by atoms with Crippen LogP contribution in [0.15, 0.2) is 53.1 Å². The number of rotatable bonds is 3. The van der Waals surface area contributed by atoms with Crippen LogP contribution in [0.25, 0.3) is 10.9 Å². The van der Waals surface area contributed by atoms with E-state index in [2.05, 4.69) is 31.8 Å². The van der Waals surface area contributed by atoms with Gasteiger partial charge >= 0.3 is 0 Å². The van der Waals surface area contributed by atoms with E-state index < -0.39 is 5.91 Å². The highest BCUT2D eigenvalue weighted by atomic mass is 79.9. The fraction of sp³-hybridized carbons (Fsp3) is 0.0588. The first kappa shape index (κ1) is 16.1. The number of nitrogens with one attached hydrogen (secondary N) is 3. The first-order valence-electron chi connectivity index (χ1n) is 7.17. The minimum Gasteiger partial charge on any atom is -0.507 e. The molecule has 7 heteroatoms. The molecule has 1 heterocycles. The van der Waals surface area contributed by atoms with Crippen molar-refractivity contribution in [3.8, 4) is 5.75 Å². The van der Waals surface area contributed by atoms with Gasteiger partial charge in [-0.2, -0.15) is 0 Å². The van der Waals surface area contributed by atoms with E-state index >= 15 is 0 Å². The molecule has 1 aromatic heterocycles. The molecule has 0 spiro atoms. The van der Waals surface area contributed by atoms with Crippen LogP contribution in [0.5, 0.6) is 5.75 Å². The summed E-state index contributed by atoms with van der Waals surface area (Å²) in [6, 6.07) is 12.1. The van der Waals surface area contributed by atoms with E-state index in [0.717, 1.165) is 16.5 Å². The van der Waals surface area contributed by atoms with Gasteiger partial charge in [0.1, 0.15) is 5.75 Å². The zero-order valence-electron chi connectivity index (χ0n) is 12.5. The van der Waals surface area contributed by atoms with E-state index in [-0.39, 0.29) is 23.6 Å². The van der Waals surface area contributed by atoms with Crippen molar-refractivity contribution in [2.75, 3.05) is 0 Å². The summed E-state index contributed by atoms with van der Waals surface area (Å²) in [6.07, 6.45) is 1.89. The lowest BCUT2D eigenvalue weighted by Crippen LogP contribution is -2.42. The molecule has 4 N–H and O–H groups in total. The molecular formula is C17H14BrN3O3. The number of aromatic amines is 1. The summed E-state index contributed by atoms with van der Waals surface area (Å²) < 4.78 is 0.653. The number of phenolic OH excluding ortho intramolecular Hbond substituents is 1. The van der Waals surface area contributed by atoms with Crippen molar-refractivity contribution in [1.29, 1.82) is 0 Å². The number of hydrazine groups is 1.